The highest BCUT2D eigenvalue weighted by Gasteiger charge is 2.20. The number of benzene rings is 2. The van der Waals surface area contributed by atoms with Gasteiger partial charge in [0, 0.05) is 22.7 Å². The summed E-state index contributed by atoms with van der Waals surface area (Å²) in [5, 5.41) is 0.669. The molecule has 0 spiro atoms. The zero-order chi connectivity index (χ0) is 15.6. The molecule has 0 aliphatic carbocycles. The first kappa shape index (κ1) is 15.9. The van der Waals surface area contributed by atoms with Crippen molar-refractivity contribution in [2.45, 2.75) is 39.7 Å². The number of hydrogen-bond donors (Lipinski definition) is 1. The lowest BCUT2D eigenvalue weighted by atomic mass is 9.85. The Balaban J connectivity index is 2.45. The Kier molecular flexibility index (Phi) is 4.60. The molecule has 2 N–H and O–H groups in total. The average molecular weight is 304 g/mol. The molecule has 0 aromatic heterocycles. The summed E-state index contributed by atoms with van der Waals surface area (Å²) in [6.07, 6.45) is 0. The Labute approximate surface area is 131 Å². The first-order chi connectivity index (χ1) is 9.81. The van der Waals surface area contributed by atoms with E-state index in [1.54, 1.807) is 0 Å². The number of ether oxygens (including phenoxy) is 1. The third-order valence-electron chi connectivity index (χ3n) is 3.41. The predicted molar refractivity (Wildman–Crippen MR) is 89.3 cm³/mol. The van der Waals surface area contributed by atoms with Crippen molar-refractivity contribution in [3.63, 3.8) is 0 Å². The second kappa shape index (κ2) is 6.08. The molecule has 3 heteroatoms. The van der Waals surface area contributed by atoms with Crippen LogP contribution in [0, 0.1) is 6.92 Å². The second-order valence-corrected chi connectivity index (χ2v) is 6.74. The third-order valence-corrected chi connectivity index (χ3v) is 3.64. The van der Waals surface area contributed by atoms with Gasteiger partial charge in [-0.1, -0.05) is 50.1 Å². The van der Waals surface area contributed by atoms with Crippen molar-refractivity contribution in [2.24, 2.45) is 5.73 Å². The van der Waals surface area contributed by atoms with Crippen molar-refractivity contribution in [1.29, 1.82) is 0 Å². The van der Waals surface area contributed by atoms with Gasteiger partial charge in [0.2, 0.25) is 0 Å². The van der Waals surface area contributed by atoms with E-state index in [-0.39, 0.29) is 5.41 Å². The molecule has 0 fully saturated rings. The Bertz CT molecular complexity index is 644. The van der Waals surface area contributed by atoms with Crippen LogP contribution in [0.3, 0.4) is 0 Å². The van der Waals surface area contributed by atoms with Crippen LogP contribution in [0.25, 0.3) is 0 Å². The Morgan fingerprint density at radius 3 is 2.33 bits per heavy atom. The maximum absolute atomic E-state index is 6.13. The van der Waals surface area contributed by atoms with E-state index >= 15 is 0 Å². The van der Waals surface area contributed by atoms with Crippen LogP contribution < -0.4 is 10.5 Å². The third kappa shape index (κ3) is 3.78. The standard InChI is InChI=1S/C18H22ClNO/c1-12-5-7-17(15(9-12)18(2,3)4)21-16-8-6-14(19)10-13(16)11-20/h5-10H,11,20H2,1-4H3. The fourth-order valence-electron chi connectivity index (χ4n) is 2.24. The SMILES string of the molecule is Cc1ccc(Oc2ccc(Cl)cc2CN)c(C(C)(C)C)c1. The quantitative estimate of drug-likeness (QED) is 0.846. The summed E-state index contributed by atoms with van der Waals surface area (Å²) in [6.45, 7) is 9.03. The summed E-state index contributed by atoms with van der Waals surface area (Å²) in [5.74, 6) is 1.63. The molecule has 0 unspecified atom stereocenters. The van der Waals surface area contributed by atoms with E-state index in [0.717, 1.165) is 17.1 Å². The molecule has 0 amide bonds. The minimum absolute atomic E-state index is 0.0106. The molecule has 2 nitrogen and oxygen atoms in total. The van der Waals surface area contributed by atoms with E-state index in [1.807, 2.05) is 24.3 Å². The Morgan fingerprint density at radius 2 is 1.71 bits per heavy atom. The normalized spacial score (nSPS) is 11.5. The molecular weight excluding hydrogens is 282 g/mol. The molecule has 2 rings (SSSR count). The lowest BCUT2D eigenvalue weighted by Crippen LogP contribution is -2.13. The number of halogens is 1. The predicted octanol–water partition coefficient (Wildman–Crippen LogP) is 5.20. The molecule has 0 saturated heterocycles. The molecule has 2 aromatic rings. The zero-order valence-electron chi connectivity index (χ0n) is 13.0. The van der Waals surface area contributed by atoms with Gasteiger partial charge in [-0.15, -0.1) is 0 Å². The molecule has 0 heterocycles. The van der Waals surface area contributed by atoms with Crippen molar-refractivity contribution in [3.8, 4) is 11.5 Å². The van der Waals surface area contributed by atoms with E-state index in [4.69, 9.17) is 22.1 Å². The van der Waals surface area contributed by atoms with Crippen molar-refractivity contribution in [1.82, 2.24) is 0 Å². The highest BCUT2D eigenvalue weighted by Crippen LogP contribution is 2.36. The topological polar surface area (TPSA) is 35.2 Å². The van der Waals surface area contributed by atoms with Gasteiger partial charge >= 0.3 is 0 Å². The number of hydrogen-bond acceptors (Lipinski definition) is 2. The van der Waals surface area contributed by atoms with Gasteiger partial charge < -0.3 is 10.5 Å². The van der Waals surface area contributed by atoms with E-state index in [1.165, 1.54) is 11.1 Å². The van der Waals surface area contributed by atoms with Crippen molar-refractivity contribution >= 4 is 11.6 Å². The van der Waals surface area contributed by atoms with E-state index < -0.39 is 0 Å². The molecule has 0 atom stereocenters. The van der Waals surface area contributed by atoms with Crippen LogP contribution in [-0.2, 0) is 12.0 Å². The van der Waals surface area contributed by atoms with Gasteiger partial charge in [-0.3, -0.25) is 0 Å². The Morgan fingerprint density at radius 1 is 1.05 bits per heavy atom. The maximum Gasteiger partial charge on any atom is 0.132 e. The van der Waals surface area contributed by atoms with Crippen LogP contribution in [0.4, 0.5) is 0 Å². The molecule has 0 saturated carbocycles. The molecule has 0 aliphatic heterocycles. The summed E-state index contributed by atoms with van der Waals surface area (Å²) in [7, 11) is 0. The van der Waals surface area contributed by atoms with Gasteiger partial charge in [-0.2, -0.15) is 0 Å². The van der Waals surface area contributed by atoms with E-state index in [2.05, 4.69) is 39.8 Å². The number of nitrogens with two attached hydrogens (primary N) is 1. The lowest BCUT2D eigenvalue weighted by molar-refractivity contribution is 0.450. The van der Waals surface area contributed by atoms with Crippen LogP contribution in [0.5, 0.6) is 11.5 Å². The van der Waals surface area contributed by atoms with Crippen LogP contribution in [0.1, 0.15) is 37.5 Å². The summed E-state index contributed by atoms with van der Waals surface area (Å²) < 4.78 is 6.13. The fourth-order valence-corrected chi connectivity index (χ4v) is 2.44. The van der Waals surface area contributed by atoms with Gasteiger partial charge in [-0.05, 0) is 36.6 Å². The van der Waals surface area contributed by atoms with Crippen molar-refractivity contribution in [2.75, 3.05) is 0 Å². The Hall–Kier alpha value is -1.51. The van der Waals surface area contributed by atoms with Gasteiger partial charge in [0.1, 0.15) is 11.5 Å². The van der Waals surface area contributed by atoms with Crippen LogP contribution in [0.2, 0.25) is 5.02 Å². The molecule has 0 radical (unpaired) electrons. The summed E-state index contributed by atoms with van der Waals surface area (Å²) in [6, 6.07) is 11.8. The van der Waals surface area contributed by atoms with Gasteiger partial charge in [0.05, 0.1) is 0 Å². The smallest absolute Gasteiger partial charge is 0.132 e. The summed E-state index contributed by atoms with van der Waals surface area (Å²) >= 11 is 6.01. The molecule has 0 aliphatic rings. The molecule has 112 valence electrons. The minimum atomic E-state index is 0.0106. The first-order valence-corrected chi connectivity index (χ1v) is 7.46. The van der Waals surface area contributed by atoms with Crippen LogP contribution in [0.15, 0.2) is 36.4 Å². The maximum atomic E-state index is 6.13. The zero-order valence-corrected chi connectivity index (χ0v) is 13.8. The lowest BCUT2D eigenvalue weighted by Gasteiger charge is -2.24. The second-order valence-electron chi connectivity index (χ2n) is 6.31. The van der Waals surface area contributed by atoms with Gasteiger partial charge in [0.15, 0.2) is 0 Å². The van der Waals surface area contributed by atoms with Gasteiger partial charge in [0.25, 0.3) is 0 Å². The minimum Gasteiger partial charge on any atom is -0.457 e. The van der Waals surface area contributed by atoms with E-state index in [0.29, 0.717) is 11.6 Å². The molecule has 21 heavy (non-hydrogen) atoms. The van der Waals surface area contributed by atoms with Crippen LogP contribution in [-0.4, -0.2) is 0 Å². The number of rotatable bonds is 3. The summed E-state index contributed by atoms with van der Waals surface area (Å²) in [4.78, 5) is 0. The summed E-state index contributed by atoms with van der Waals surface area (Å²) in [5.41, 5.74) is 9.10. The highest BCUT2D eigenvalue weighted by atomic mass is 35.5. The molecule has 2 aromatic carbocycles. The largest absolute Gasteiger partial charge is 0.457 e. The number of aryl methyl sites for hydroxylation is 1. The van der Waals surface area contributed by atoms with Crippen LogP contribution >= 0.6 is 11.6 Å². The van der Waals surface area contributed by atoms with E-state index in [9.17, 15) is 0 Å². The van der Waals surface area contributed by atoms with Gasteiger partial charge in [-0.25, -0.2) is 0 Å². The highest BCUT2D eigenvalue weighted by molar-refractivity contribution is 6.30. The van der Waals surface area contributed by atoms with Crippen molar-refractivity contribution < 1.29 is 4.74 Å². The van der Waals surface area contributed by atoms with Crippen molar-refractivity contribution in [3.05, 3.63) is 58.1 Å². The molecular formula is C18H22ClNO. The first-order valence-electron chi connectivity index (χ1n) is 7.09. The molecule has 0 bridgehead atoms. The monoisotopic (exact) mass is 303 g/mol. The average Bonchev–Trinajstić information content (AvgIpc) is 2.41. The fraction of sp³-hybridized carbons (Fsp3) is 0.333.